The van der Waals surface area contributed by atoms with Gasteiger partial charge in [0.25, 0.3) is 5.43 Å². The smallest absolute Gasteiger partial charge is 0.360 e. The molecule has 0 aliphatic heterocycles. The van der Waals surface area contributed by atoms with Crippen LogP contribution in [0.2, 0.25) is 0 Å². The Morgan fingerprint density at radius 2 is 1.96 bits per heavy atom. The number of aromatic carboxylic acids is 1. The quantitative estimate of drug-likeness (QED) is 0.720. The third-order valence-corrected chi connectivity index (χ3v) is 3.93. The number of hydrogen-bond acceptors (Lipinski definition) is 5. The van der Waals surface area contributed by atoms with Crippen molar-refractivity contribution < 1.29 is 19.7 Å². The zero-order valence-corrected chi connectivity index (χ0v) is 14.8. The number of para-hydroxylation sites is 1. The second-order valence-corrected chi connectivity index (χ2v) is 5.93. The van der Waals surface area contributed by atoms with Crippen molar-refractivity contribution in [3.63, 3.8) is 0 Å². The normalized spacial score (nSPS) is 10.6. The van der Waals surface area contributed by atoms with Gasteiger partial charge in [-0.2, -0.15) is 5.10 Å². The summed E-state index contributed by atoms with van der Waals surface area (Å²) in [6, 6.07) is 12.9. The number of carbonyl (C=O) groups is 1. The van der Waals surface area contributed by atoms with E-state index in [0.717, 1.165) is 22.9 Å². The first kappa shape index (κ1) is 18.2. The van der Waals surface area contributed by atoms with Gasteiger partial charge in [-0.15, -0.1) is 0 Å². The van der Waals surface area contributed by atoms with Gasteiger partial charge < -0.3 is 14.9 Å². The predicted octanol–water partition coefficient (Wildman–Crippen LogP) is 3.01. The van der Waals surface area contributed by atoms with E-state index in [1.807, 2.05) is 44.2 Å². The van der Waals surface area contributed by atoms with Crippen LogP contribution in [-0.2, 0) is 0 Å². The summed E-state index contributed by atoms with van der Waals surface area (Å²) >= 11 is 0. The van der Waals surface area contributed by atoms with Crippen LogP contribution in [0.4, 0.5) is 0 Å². The van der Waals surface area contributed by atoms with Crippen LogP contribution >= 0.6 is 0 Å². The summed E-state index contributed by atoms with van der Waals surface area (Å²) in [6.07, 6.45) is 1.10. The molecule has 27 heavy (non-hydrogen) atoms. The van der Waals surface area contributed by atoms with Crippen molar-refractivity contribution in [1.29, 1.82) is 0 Å². The Labute approximate surface area is 155 Å². The molecule has 0 aliphatic rings. The highest BCUT2D eigenvalue weighted by Gasteiger charge is 2.17. The maximum atomic E-state index is 11.8. The second-order valence-electron chi connectivity index (χ2n) is 5.93. The van der Waals surface area contributed by atoms with E-state index in [1.54, 1.807) is 12.1 Å². The minimum absolute atomic E-state index is 0.517. The van der Waals surface area contributed by atoms with Gasteiger partial charge in [0, 0.05) is 5.56 Å². The van der Waals surface area contributed by atoms with Crippen molar-refractivity contribution in [2.45, 2.75) is 13.8 Å². The zero-order valence-electron chi connectivity index (χ0n) is 14.8. The fourth-order valence-electron chi connectivity index (χ4n) is 2.81. The SMILES string of the molecule is CCOc1cc(C)cc(-c2ccccc2-n2cc(O)c(=O)c(C(=O)O)n2)c1. The van der Waals surface area contributed by atoms with Crippen molar-refractivity contribution in [2.75, 3.05) is 6.61 Å². The average molecular weight is 366 g/mol. The first-order valence-corrected chi connectivity index (χ1v) is 8.31. The van der Waals surface area contributed by atoms with Gasteiger partial charge in [-0.3, -0.25) is 4.79 Å². The van der Waals surface area contributed by atoms with Gasteiger partial charge in [-0.05, 0) is 43.2 Å². The molecule has 3 rings (SSSR count). The number of ether oxygens (including phenoxy) is 1. The van der Waals surface area contributed by atoms with E-state index in [0.29, 0.717) is 18.0 Å². The van der Waals surface area contributed by atoms with Crippen LogP contribution in [0.1, 0.15) is 23.0 Å². The Balaban J connectivity index is 2.22. The van der Waals surface area contributed by atoms with Crippen LogP contribution in [0.3, 0.4) is 0 Å². The van der Waals surface area contributed by atoms with Crippen LogP contribution in [-0.4, -0.2) is 32.6 Å². The maximum absolute atomic E-state index is 11.8. The lowest BCUT2D eigenvalue weighted by atomic mass is 10.0. The summed E-state index contributed by atoms with van der Waals surface area (Å²) in [4.78, 5) is 23.1. The summed E-state index contributed by atoms with van der Waals surface area (Å²) in [6.45, 7) is 4.37. The Bertz CT molecular complexity index is 1070. The number of aryl methyl sites for hydroxylation is 1. The molecule has 2 aromatic carbocycles. The first-order chi connectivity index (χ1) is 12.9. The van der Waals surface area contributed by atoms with Crippen LogP contribution < -0.4 is 10.2 Å². The molecule has 7 heteroatoms. The van der Waals surface area contributed by atoms with E-state index in [2.05, 4.69) is 5.10 Å². The number of nitrogens with zero attached hydrogens (tertiary/aromatic N) is 2. The summed E-state index contributed by atoms with van der Waals surface area (Å²) in [5.74, 6) is -1.47. The standard InChI is InChI=1S/C20H18N2O5/c1-3-27-14-9-12(2)8-13(10-14)15-6-4-5-7-16(15)22-11-17(23)19(24)18(21-22)20(25)26/h4-11,23H,3H2,1-2H3,(H,25,26). The third kappa shape index (κ3) is 3.67. The molecule has 138 valence electrons. The monoisotopic (exact) mass is 366 g/mol. The van der Waals surface area contributed by atoms with Crippen LogP contribution in [0.15, 0.2) is 53.5 Å². The Kier molecular flexibility index (Phi) is 4.94. The molecule has 0 spiro atoms. The fourth-order valence-corrected chi connectivity index (χ4v) is 2.81. The van der Waals surface area contributed by atoms with E-state index in [4.69, 9.17) is 4.74 Å². The lowest BCUT2D eigenvalue weighted by molar-refractivity contribution is 0.0686. The molecular weight excluding hydrogens is 348 g/mol. The van der Waals surface area contributed by atoms with Crippen molar-refractivity contribution in [3.05, 3.63) is 70.1 Å². The molecule has 0 fully saturated rings. The highest BCUT2D eigenvalue weighted by atomic mass is 16.5. The number of carboxylic acids is 1. The second kappa shape index (κ2) is 7.33. The number of aromatic hydroxyl groups is 1. The molecule has 0 bridgehead atoms. The largest absolute Gasteiger partial charge is 0.503 e. The Hall–Kier alpha value is -3.61. The van der Waals surface area contributed by atoms with Gasteiger partial charge >= 0.3 is 5.97 Å². The first-order valence-electron chi connectivity index (χ1n) is 8.31. The molecule has 0 unspecified atom stereocenters. The molecule has 0 saturated carbocycles. The van der Waals surface area contributed by atoms with Gasteiger partial charge in [0.05, 0.1) is 18.5 Å². The lowest BCUT2D eigenvalue weighted by Gasteiger charge is -2.14. The van der Waals surface area contributed by atoms with E-state index in [9.17, 15) is 19.8 Å². The van der Waals surface area contributed by atoms with Crippen molar-refractivity contribution in [1.82, 2.24) is 9.78 Å². The van der Waals surface area contributed by atoms with Gasteiger partial charge in [0.1, 0.15) is 5.75 Å². The van der Waals surface area contributed by atoms with Gasteiger partial charge in [0.2, 0.25) is 5.69 Å². The molecule has 2 N–H and O–H groups in total. The van der Waals surface area contributed by atoms with E-state index >= 15 is 0 Å². The molecular formula is C20H18N2O5. The fraction of sp³-hybridized carbons (Fsp3) is 0.150. The number of hydrogen-bond donors (Lipinski definition) is 2. The summed E-state index contributed by atoms with van der Waals surface area (Å²) in [5.41, 5.74) is 1.32. The molecule has 0 saturated heterocycles. The number of carboxylic acid groups (broad SMARTS) is 1. The lowest BCUT2D eigenvalue weighted by Crippen LogP contribution is -2.21. The van der Waals surface area contributed by atoms with Crippen LogP contribution in [0.5, 0.6) is 11.5 Å². The Morgan fingerprint density at radius 3 is 2.67 bits per heavy atom. The van der Waals surface area contributed by atoms with Gasteiger partial charge in [-0.1, -0.05) is 24.3 Å². The predicted molar refractivity (Wildman–Crippen MR) is 99.8 cm³/mol. The Morgan fingerprint density at radius 1 is 1.22 bits per heavy atom. The summed E-state index contributed by atoms with van der Waals surface area (Å²) < 4.78 is 6.79. The van der Waals surface area contributed by atoms with Gasteiger partial charge in [-0.25, -0.2) is 9.48 Å². The topological polar surface area (TPSA) is 102 Å². The van der Waals surface area contributed by atoms with Crippen LogP contribution in [0.25, 0.3) is 16.8 Å². The van der Waals surface area contributed by atoms with E-state index < -0.39 is 22.8 Å². The third-order valence-electron chi connectivity index (χ3n) is 3.93. The molecule has 0 atom stereocenters. The summed E-state index contributed by atoms with van der Waals surface area (Å²) in [5, 5.41) is 22.9. The van der Waals surface area contributed by atoms with Gasteiger partial charge in [0.15, 0.2) is 5.75 Å². The van der Waals surface area contributed by atoms with Crippen molar-refractivity contribution >= 4 is 5.97 Å². The zero-order chi connectivity index (χ0) is 19.6. The molecule has 1 aromatic heterocycles. The van der Waals surface area contributed by atoms with Crippen molar-refractivity contribution in [2.24, 2.45) is 0 Å². The molecule has 0 aliphatic carbocycles. The minimum atomic E-state index is -1.50. The maximum Gasteiger partial charge on any atom is 0.360 e. The highest BCUT2D eigenvalue weighted by molar-refractivity contribution is 5.85. The number of aromatic nitrogens is 2. The minimum Gasteiger partial charge on any atom is -0.503 e. The molecule has 1 heterocycles. The average Bonchev–Trinajstić information content (AvgIpc) is 2.63. The number of rotatable bonds is 5. The van der Waals surface area contributed by atoms with Crippen molar-refractivity contribution in [3.8, 4) is 28.3 Å². The highest BCUT2D eigenvalue weighted by Crippen LogP contribution is 2.30. The molecule has 7 nitrogen and oxygen atoms in total. The summed E-state index contributed by atoms with van der Waals surface area (Å²) in [7, 11) is 0. The van der Waals surface area contributed by atoms with Crippen LogP contribution in [0, 0.1) is 6.92 Å². The number of benzene rings is 2. The van der Waals surface area contributed by atoms with E-state index in [-0.39, 0.29) is 0 Å². The molecule has 0 radical (unpaired) electrons. The van der Waals surface area contributed by atoms with E-state index in [1.165, 1.54) is 4.68 Å². The molecule has 0 amide bonds. The molecule has 3 aromatic rings.